The van der Waals surface area contributed by atoms with Gasteiger partial charge in [0, 0.05) is 9.65 Å². The van der Waals surface area contributed by atoms with Crippen LogP contribution in [0.2, 0.25) is 0 Å². The summed E-state index contributed by atoms with van der Waals surface area (Å²) in [6.07, 6.45) is 1.16. The molecule has 0 aromatic heterocycles. The average molecular weight is 257 g/mol. The number of alkyl halides is 1. The summed E-state index contributed by atoms with van der Waals surface area (Å²) in [4.78, 5) is 0. The molecule has 1 unspecified atom stereocenters. The van der Waals surface area contributed by atoms with Crippen LogP contribution in [0.15, 0.2) is 0 Å². The Hall–Kier alpha value is 0.960. The number of rotatable bonds is 3. The van der Waals surface area contributed by atoms with Gasteiger partial charge in [-0.05, 0) is 19.3 Å². The van der Waals surface area contributed by atoms with Crippen LogP contribution < -0.4 is 0 Å². The molecule has 9 heavy (non-hydrogen) atoms. The molecule has 1 atom stereocenters. The normalized spacial score (nSPS) is 18.0. The van der Waals surface area contributed by atoms with Gasteiger partial charge in [0.1, 0.15) is 0 Å². The Labute approximate surface area is 74.7 Å². The summed E-state index contributed by atoms with van der Waals surface area (Å²) < 4.78 is 0.168. The van der Waals surface area contributed by atoms with E-state index in [1.165, 1.54) is 0 Å². The lowest BCUT2D eigenvalue weighted by Crippen LogP contribution is -2.15. The molecule has 0 heterocycles. The maximum Gasteiger partial charge on any atom is 0.0435 e. The summed E-state index contributed by atoms with van der Waals surface area (Å²) >= 11 is 6.91. The van der Waals surface area contributed by atoms with Crippen molar-refractivity contribution in [3.63, 3.8) is 0 Å². The highest BCUT2D eigenvalue weighted by molar-refractivity contribution is 9.13. The Morgan fingerprint density at radius 1 is 1.56 bits per heavy atom. The Morgan fingerprint density at radius 3 is 2.11 bits per heavy atom. The smallest absolute Gasteiger partial charge is 0.0435 e. The second kappa shape index (κ2) is 3.97. The minimum Gasteiger partial charge on any atom is -0.0863 e. The van der Waals surface area contributed by atoms with Crippen LogP contribution in [-0.2, 0) is 0 Å². The summed E-state index contributed by atoms with van der Waals surface area (Å²) in [5, 5.41) is 2.01. The molecule has 0 aliphatic carbocycles. The van der Waals surface area contributed by atoms with Gasteiger partial charge >= 0.3 is 0 Å². The quantitative estimate of drug-likeness (QED) is 0.675. The monoisotopic (exact) mass is 255 g/mol. The van der Waals surface area contributed by atoms with Crippen molar-refractivity contribution in [3.8, 4) is 0 Å². The Bertz CT molecular complexity index is 77.0. The molecule has 0 aromatic rings. The van der Waals surface area contributed by atoms with Crippen LogP contribution in [0.5, 0.6) is 0 Å². The Balaban J connectivity index is 3.58. The van der Waals surface area contributed by atoms with E-state index in [0.717, 1.165) is 12.3 Å². The van der Waals surface area contributed by atoms with E-state index in [4.69, 9.17) is 0 Å². The third-order valence-electron chi connectivity index (χ3n) is 1.03. The molecule has 0 N–H and O–H groups in total. The second-order valence-corrected chi connectivity index (χ2v) is 5.25. The van der Waals surface area contributed by atoms with Crippen LogP contribution in [0.3, 0.4) is 0 Å². The van der Waals surface area contributed by atoms with Gasteiger partial charge in [-0.1, -0.05) is 45.7 Å². The van der Waals surface area contributed by atoms with Gasteiger partial charge in [-0.15, -0.1) is 0 Å². The van der Waals surface area contributed by atoms with Crippen molar-refractivity contribution in [3.05, 3.63) is 5.33 Å². The first-order chi connectivity index (χ1) is 3.98. The van der Waals surface area contributed by atoms with Crippen molar-refractivity contribution in [2.75, 3.05) is 0 Å². The molecule has 55 valence electrons. The number of hydrogen-bond acceptors (Lipinski definition) is 0. The van der Waals surface area contributed by atoms with Gasteiger partial charge in [0.2, 0.25) is 0 Å². The molecule has 0 fully saturated rings. The topological polar surface area (TPSA) is 0 Å². The molecule has 0 aromatic carbocycles. The fourth-order valence-electron chi connectivity index (χ4n) is 0.843. The summed E-state index contributed by atoms with van der Waals surface area (Å²) in [6, 6.07) is 0. The Kier molecular flexibility index (Phi) is 4.39. The zero-order valence-electron chi connectivity index (χ0n) is 6.12. The van der Waals surface area contributed by atoms with Crippen molar-refractivity contribution in [2.45, 2.75) is 31.5 Å². The molecule has 0 rings (SSSR count). The predicted octanol–water partition coefficient (Wildman–Crippen LogP) is 3.74. The van der Waals surface area contributed by atoms with E-state index in [9.17, 15) is 0 Å². The number of hydrogen-bond donors (Lipinski definition) is 0. The Morgan fingerprint density at radius 2 is 2.00 bits per heavy atom. The van der Waals surface area contributed by atoms with Gasteiger partial charge in [-0.2, -0.15) is 0 Å². The summed E-state index contributed by atoms with van der Waals surface area (Å²) in [5.74, 6) is 0.739. The fraction of sp³-hybridized carbons (Fsp3) is 0.857. The van der Waals surface area contributed by atoms with Gasteiger partial charge in [0.15, 0.2) is 0 Å². The minimum absolute atomic E-state index is 0.168. The first kappa shape index (κ1) is 9.96. The minimum atomic E-state index is 0.168. The molecule has 0 bridgehead atoms. The van der Waals surface area contributed by atoms with Crippen molar-refractivity contribution < 1.29 is 0 Å². The fourth-order valence-corrected chi connectivity index (χ4v) is 1.68. The van der Waals surface area contributed by atoms with E-state index in [-0.39, 0.29) is 4.32 Å². The molecule has 0 aliphatic heterocycles. The van der Waals surface area contributed by atoms with Crippen LogP contribution in [0.1, 0.15) is 27.2 Å². The molecule has 0 amide bonds. The maximum atomic E-state index is 3.58. The second-order valence-electron chi connectivity index (χ2n) is 2.99. The lowest BCUT2D eigenvalue weighted by molar-refractivity contribution is 0.533. The van der Waals surface area contributed by atoms with Gasteiger partial charge in [0.25, 0.3) is 0 Å². The van der Waals surface area contributed by atoms with Gasteiger partial charge in [0.05, 0.1) is 0 Å². The van der Waals surface area contributed by atoms with Crippen LogP contribution in [0.4, 0.5) is 0 Å². The lowest BCUT2D eigenvalue weighted by Gasteiger charge is -2.20. The SMILES string of the molecule is CC(C)CC(C)(Br)[CH]Br. The standard InChI is InChI=1S/C7H13Br2/c1-6(2)4-7(3,9)5-8/h5-6H,4H2,1-3H3. The first-order valence-corrected chi connectivity index (χ1v) is 4.82. The number of halogens is 2. The average Bonchev–Trinajstić information content (AvgIpc) is 1.63. The molecule has 0 nitrogen and oxygen atoms in total. The van der Waals surface area contributed by atoms with E-state index < -0.39 is 0 Å². The third kappa shape index (κ3) is 5.41. The molecule has 0 spiro atoms. The van der Waals surface area contributed by atoms with E-state index in [1.54, 1.807) is 0 Å². The molecule has 1 radical (unpaired) electrons. The van der Waals surface area contributed by atoms with Crippen molar-refractivity contribution in [2.24, 2.45) is 5.92 Å². The lowest BCUT2D eigenvalue weighted by atomic mass is 10.0. The van der Waals surface area contributed by atoms with Crippen LogP contribution in [0.25, 0.3) is 0 Å². The molecule has 0 aliphatic rings. The molecule has 2 heteroatoms. The van der Waals surface area contributed by atoms with Crippen molar-refractivity contribution in [1.82, 2.24) is 0 Å². The van der Waals surface area contributed by atoms with E-state index >= 15 is 0 Å². The van der Waals surface area contributed by atoms with Gasteiger partial charge in [-0.3, -0.25) is 0 Å². The zero-order chi connectivity index (χ0) is 7.49. The van der Waals surface area contributed by atoms with Crippen LogP contribution in [-0.4, -0.2) is 4.32 Å². The van der Waals surface area contributed by atoms with E-state index in [0.29, 0.717) is 0 Å². The van der Waals surface area contributed by atoms with Gasteiger partial charge < -0.3 is 0 Å². The summed E-state index contributed by atoms with van der Waals surface area (Å²) in [6.45, 7) is 6.59. The molecular weight excluding hydrogens is 244 g/mol. The largest absolute Gasteiger partial charge is 0.0863 e. The van der Waals surface area contributed by atoms with Gasteiger partial charge in [-0.25, -0.2) is 0 Å². The van der Waals surface area contributed by atoms with Crippen molar-refractivity contribution >= 4 is 31.9 Å². The maximum absolute atomic E-state index is 3.58. The van der Waals surface area contributed by atoms with Crippen molar-refractivity contribution in [1.29, 1.82) is 0 Å². The molecular formula is C7H13Br2. The highest BCUT2D eigenvalue weighted by Crippen LogP contribution is 2.30. The highest BCUT2D eigenvalue weighted by atomic mass is 79.9. The van der Waals surface area contributed by atoms with E-state index in [1.807, 2.05) is 5.33 Å². The van der Waals surface area contributed by atoms with Crippen LogP contribution >= 0.6 is 31.9 Å². The zero-order valence-corrected chi connectivity index (χ0v) is 9.29. The first-order valence-electron chi connectivity index (χ1n) is 3.11. The predicted molar refractivity (Wildman–Crippen MR) is 50.0 cm³/mol. The highest BCUT2D eigenvalue weighted by Gasteiger charge is 2.19. The summed E-state index contributed by atoms with van der Waals surface area (Å²) in [7, 11) is 0. The summed E-state index contributed by atoms with van der Waals surface area (Å²) in [5.41, 5.74) is 0. The van der Waals surface area contributed by atoms with Crippen LogP contribution in [0, 0.1) is 11.2 Å². The third-order valence-corrected chi connectivity index (χ3v) is 3.21. The molecule has 0 saturated heterocycles. The van der Waals surface area contributed by atoms with E-state index in [2.05, 4.69) is 52.6 Å². The molecule has 0 saturated carbocycles.